The number of aromatic nitrogens is 1. The van der Waals surface area contributed by atoms with Gasteiger partial charge >= 0.3 is 0 Å². The van der Waals surface area contributed by atoms with Crippen LogP contribution in [0.1, 0.15) is 28.8 Å². The number of hydrogen-bond acceptors (Lipinski definition) is 4. The van der Waals surface area contributed by atoms with Crippen LogP contribution in [0, 0.1) is 6.92 Å². The number of aryl methyl sites for hydroxylation is 1. The molecule has 7 heteroatoms. The highest BCUT2D eigenvalue weighted by Gasteiger charge is 2.17. The monoisotopic (exact) mass is 451 g/mol. The van der Waals surface area contributed by atoms with Gasteiger partial charge in [-0.2, -0.15) is 0 Å². The van der Waals surface area contributed by atoms with Crippen molar-refractivity contribution in [3.05, 3.63) is 65.9 Å². The van der Waals surface area contributed by atoms with Gasteiger partial charge in [-0.1, -0.05) is 35.9 Å². The lowest BCUT2D eigenvalue weighted by Crippen LogP contribution is -2.32. The molecule has 1 aliphatic rings. The molecule has 6 nitrogen and oxygen atoms in total. The van der Waals surface area contributed by atoms with E-state index in [1.165, 1.54) is 11.8 Å². The standard InChI is InChI=1S/C25H29N3O3S/c1-18-8-10-19(11-9-18)25(30)26-12-13-28-16-23(21-6-2-3-7-22(21)28)32-17-24(29)27-15-20-5-4-14-31-20/h2-3,6-11,16,20H,4-5,12-15,17H2,1H3,(H,26,30)(H,27,29)/t20-/m0/s1. The first-order valence-corrected chi connectivity index (χ1v) is 12.0. The fraction of sp³-hybridized carbons (Fsp3) is 0.360. The molecular weight excluding hydrogens is 422 g/mol. The van der Waals surface area contributed by atoms with Crippen molar-refractivity contribution in [3.63, 3.8) is 0 Å². The molecule has 1 aromatic heterocycles. The number of hydrogen-bond donors (Lipinski definition) is 2. The fourth-order valence-electron chi connectivity index (χ4n) is 3.84. The summed E-state index contributed by atoms with van der Waals surface area (Å²) in [5, 5.41) is 7.09. The molecule has 1 fully saturated rings. The second-order valence-corrected chi connectivity index (χ2v) is 9.07. The maximum atomic E-state index is 12.4. The minimum atomic E-state index is -0.0704. The number of thioether (sulfide) groups is 1. The number of nitrogens with one attached hydrogen (secondary N) is 2. The molecule has 32 heavy (non-hydrogen) atoms. The van der Waals surface area contributed by atoms with Gasteiger partial charge in [-0.05, 0) is 38.0 Å². The Balaban J connectivity index is 1.33. The van der Waals surface area contributed by atoms with E-state index in [4.69, 9.17) is 4.74 Å². The van der Waals surface area contributed by atoms with Gasteiger partial charge in [-0.25, -0.2) is 0 Å². The highest BCUT2D eigenvalue weighted by molar-refractivity contribution is 8.00. The van der Waals surface area contributed by atoms with Crippen LogP contribution >= 0.6 is 11.8 Å². The first-order valence-electron chi connectivity index (χ1n) is 11.0. The fourth-order valence-corrected chi connectivity index (χ4v) is 4.76. The number of fused-ring (bicyclic) bond motifs is 1. The molecule has 4 rings (SSSR count). The van der Waals surface area contributed by atoms with Crippen molar-refractivity contribution in [2.45, 2.75) is 37.3 Å². The average molecular weight is 452 g/mol. The molecule has 168 valence electrons. The first-order chi connectivity index (χ1) is 15.6. The minimum absolute atomic E-state index is 0.0210. The number of rotatable bonds is 9. The Hall–Kier alpha value is -2.77. The van der Waals surface area contributed by atoms with Gasteiger partial charge in [0.05, 0.1) is 11.9 Å². The molecule has 0 aliphatic carbocycles. The van der Waals surface area contributed by atoms with E-state index in [1.54, 1.807) is 0 Å². The SMILES string of the molecule is Cc1ccc(C(=O)NCCn2cc(SCC(=O)NC[C@@H]3CCCO3)c3ccccc32)cc1. The van der Waals surface area contributed by atoms with Crippen LogP contribution in [-0.2, 0) is 16.1 Å². The van der Waals surface area contributed by atoms with E-state index in [0.29, 0.717) is 31.0 Å². The molecule has 0 saturated carbocycles. The van der Waals surface area contributed by atoms with Gasteiger partial charge in [0, 0.05) is 53.8 Å². The Bertz CT molecular complexity index is 1070. The Morgan fingerprint density at radius 3 is 2.72 bits per heavy atom. The minimum Gasteiger partial charge on any atom is -0.376 e. The highest BCUT2D eigenvalue weighted by atomic mass is 32.2. The molecule has 2 aromatic carbocycles. The molecule has 0 bridgehead atoms. The zero-order valence-electron chi connectivity index (χ0n) is 18.3. The normalized spacial score (nSPS) is 15.7. The number of benzene rings is 2. The summed E-state index contributed by atoms with van der Waals surface area (Å²) in [5.74, 6) is 0.317. The van der Waals surface area contributed by atoms with Crippen molar-refractivity contribution in [1.82, 2.24) is 15.2 Å². The van der Waals surface area contributed by atoms with Gasteiger partial charge in [0.2, 0.25) is 5.91 Å². The zero-order chi connectivity index (χ0) is 22.3. The molecule has 0 radical (unpaired) electrons. The van der Waals surface area contributed by atoms with Gasteiger partial charge in [0.25, 0.3) is 5.91 Å². The van der Waals surface area contributed by atoms with Crippen molar-refractivity contribution >= 4 is 34.5 Å². The summed E-state index contributed by atoms with van der Waals surface area (Å²) in [6.45, 7) is 4.56. The van der Waals surface area contributed by atoms with Gasteiger partial charge in [0.1, 0.15) is 0 Å². The summed E-state index contributed by atoms with van der Waals surface area (Å²) < 4.78 is 7.70. The lowest BCUT2D eigenvalue weighted by Gasteiger charge is -2.10. The predicted octanol–water partition coefficient (Wildman–Crippen LogP) is 3.77. The summed E-state index contributed by atoms with van der Waals surface area (Å²) in [6, 6.07) is 15.7. The molecule has 1 saturated heterocycles. The number of para-hydroxylation sites is 1. The summed E-state index contributed by atoms with van der Waals surface area (Å²) in [4.78, 5) is 25.7. The largest absolute Gasteiger partial charge is 0.376 e. The lowest BCUT2D eigenvalue weighted by atomic mass is 10.1. The van der Waals surface area contributed by atoms with Crippen LogP contribution in [-0.4, -0.2) is 47.9 Å². The van der Waals surface area contributed by atoms with E-state index in [1.807, 2.05) is 43.3 Å². The van der Waals surface area contributed by atoms with Crippen molar-refractivity contribution in [1.29, 1.82) is 0 Å². The number of amides is 2. The van der Waals surface area contributed by atoms with Crippen LogP contribution in [0.25, 0.3) is 10.9 Å². The maximum absolute atomic E-state index is 12.4. The Kier molecular flexibility index (Phi) is 7.50. The Morgan fingerprint density at radius 1 is 1.12 bits per heavy atom. The summed E-state index contributed by atoms with van der Waals surface area (Å²) in [6.07, 6.45) is 4.31. The van der Waals surface area contributed by atoms with Gasteiger partial charge in [-0.15, -0.1) is 11.8 Å². The predicted molar refractivity (Wildman–Crippen MR) is 128 cm³/mol. The number of carbonyl (C=O) groups is 2. The van der Waals surface area contributed by atoms with Gasteiger partial charge < -0.3 is 19.9 Å². The van der Waals surface area contributed by atoms with E-state index in [9.17, 15) is 9.59 Å². The maximum Gasteiger partial charge on any atom is 0.251 e. The molecule has 1 aliphatic heterocycles. The Morgan fingerprint density at radius 2 is 1.94 bits per heavy atom. The zero-order valence-corrected chi connectivity index (χ0v) is 19.1. The van der Waals surface area contributed by atoms with Crippen LogP contribution in [0.4, 0.5) is 0 Å². The summed E-state index contributed by atoms with van der Waals surface area (Å²) in [7, 11) is 0. The van der Waals surface area contributed by atoms with Crippen molar-refractivity contribution in [3.8, 4) is 0 Å². The van der Waals surface area contributed by atoms with Crippen molar-refractivity contribution < 1.29 is 14.3 Å². The molecule has 0 unspecified atom stereocenters. The van der Waals surface area contributed by atoms with E-state index < -0.39 is 0 Å². The van der Waals surface area contributed by atoms with E-state index in [0.717, 1.165) is 40.8 Å². The Labute approximate surface area is 192 Å². The number of carbonyl (C=O) groups excluding carboxylic acids is 2. The van der Waals surface area contributed by atoms with Crippen molar-refractivity contribution in [2.75, 3.05) is 25.4 Å². The molecule has 2 N–H and O–H groups in total. The summed E-state index contributed by atoms with van der Waals surface area (Å²) >= 11 is 1.54. The number of ether oxygens (including phenoxy) is 1. The molecule has 1 atom stereocenters. The molecule has 3 aromatic rings. The third kappa shape index (κ3) is 5.72. The third-order valence-corrected chi connectivity index (χ3v) is 6.66. The first kappa shape index (κ1) is 22.4. The van der Waals surface area contributed by atoms with Gasteiger partial charge in [0.15, 0.2) is 0 Å². The number of nitrogens with zero attached hydrogens (tertiary/aromatic N) is 1. The summed E-state index contributed by atoms with van der Waals surface area (Å²) in [5.41, 5.74) is 2.89. The van der Waals surface area contributed by atoms with Gasteiger partial charge in [-0.3, -0.25) is 9.59 Å². The van der Waals surface area contributed by atoms with Crippen LogP contribution < -0.4 is 10.6 Å². The van der Waals surface area contributed by atoms with E-state index in [2.05, 4.69) is 33.5 Å². The second-order valence-electron chi connectivity index (χ2n) is 8.05. The van der Waals surface area contributed by atoms with Crippen LogP contribution in [0.5, 0.6) is 0 Å². The smallest absolute Gasteiger partial charge is 0.251 e. The van der Waals surface area contributed by atoms with Crippen molar-refractivity contribution in [2.24, 2.45) is 0 Å². The average Bonchev–Trinajstić information content (AvgIpc) is 3.45. The second kappa shape index (κ2) is 10.7. The molecule has 2 heterocycles. The van der Waals surface area contributed by atoms with E-state index >= 15 is 0 Å². The van der Waals surface area contributed by atoms with E-state index in [-0.39, 0.29) is 17.9 Å². The van der Waals surface area contributed by atoms with Crippen LogP contribution in [0.2, 0.25) is 0 Å². The topological polar surface area (TPSA) is 72.4 Å². The molecular formula is C25H29N3O3S. The third-order valence-electron chi connectivity index (χ3n) is 5.61. The highest BCUT2D eigenvalue weighted by Crippen LogP contribution is 2.29. The van der Waals surface area contributed by atoms with Crippen LogP contribution in [0.3, 0.4) is 0 Å². The quantitative estimate of drug-likeness (QED) is 0.486. The molecule has 2 amide bonds. The molecule has 0 spiro atoms. The van der Waals surface area contributed by atoms with Crippen LogP contribution in [0.15, 0.2) is 59.6 Å². The lowest BCUT2D eigenvalue weighted by molar-refractivity contribution is -0.119.